The van der Waals surface area contributed by atoms with E-state index >= 15 is 0 Å². The highest BCUT2D eigenvalue weighted by Gasteiger charge is 2.17. The van der Waals surface area contributed by atoms with Gasteiger partial charge in [-0.1, -0.05) is 44.2 Å². The summed E-state index contributed by atoms with van der Waals surface area (Å²) in [5.41, 5.74) is 4.02. The van der Waals surface area contributed by atoms with E-state index in [-0.39, 0.29) is 18.3 Å². The zero-order valence-corrected chi connectivity index (χ0v) is 21.8. The van der Waals surface area contributed by atoms with E-state index in [0.717, 1.165) is 37.9 Å². The summed E-state index contributed by atoms with van der Waals surface area (Å²) in [6, 6.07) is 20.1. The zero-order valence-electron chi connectivity index (χ0n) is 18.6. The van der Waals surface area contributed by atoms with Gasteiger partial charge in [0.05, 0.1) is 33.5 Å². The van der Waals surface area contributed by atoms with Crippen molar-refractivity contribution in [1.82, 2.24) is 9.55 Å². The fourth-order valence-electron chi connectivity index (χ4n) is 3.73. The number of carbonyl (C=O) groups is 1. The first-order valence-corrected chi connectivity index (χ1v) is 12.2. The Morgan fingerprint density at radius 2 is 1.70 bits per heavy atom. The summed E-state index contributed by atoms with van der Waals surface area (Å²) in [6.07, 6.45) is 0.191. The Hall–Kier alpha value is -2.64. The van der Waals surface area contributed by atoms with Gasteiger partial charge >= 0.3 is 5.97 Å². The minimum absolute atomic E-state index is 0.191. The second-order valence-corrected chi connectivity index (χ2v) is 9.80. The maximum atomic E-state index is 11.6. The molecule has 0 N–H and O–H groups in total. The van der Waals surface area contributed by atoms with Crippen molar-refractivity contribution >= 4 is 48.9 Å². The lowest BCUT2D eigenvalue weighted by Gasteiger charge is -2.13. The van der Waals surface area contributed by atoms with Crippen molar-refractivity contribution < 1.29 is 14.3 Å². The van der Waals surface area contributed by atoms with Crippen LogP contribution < -0.4 is 4.74 Å². The molecule has 0 saturated carbocycles. The monoisotopic (exact) mass is 570 g/mol. The van der Waals surface area contributed by atoms with Crippen LogP contribution >= 0.6 is 31.9 Å². The van der Waals surface area contributed by atoms with Crippen LogP contribution in [0.2, 0.25) is 0 Å². The molecule has 0 amide bonds. The van der Waals surface area contributed by atoms with E-state index in [1.165, 1.54) is 12.7 Å². The molecule has 1 heterocycles. The van der Waals surface area contributed by atoms with Gasteiger partial charge in [0, 0.05) is 18.5 Å². The summed E-state index contributed by atoms with van der Waals surface area (Å²) in [5, 5.41) is 0. The summed E-state index contributed by atoms with van der Waals surface area (Å²) in [5.74, 6) is 2.36. The standard InChI is InChI=1S/C26H24Br2N2O3/c1-16(2)26-29-22-14-19(9-10-23(22)30(26)15-17-7-5-4-6-8-17)33-25-20(27)11-18(12-21(25)28)13-24(31)32-3/h4-12,14,16H,13,15H2,1-3H3. The molecule has 0 aliphatic heterocycles. The summed E-state index contributed by atoms with van der Waals surface area (Å²) in [4.78, 5) is 16.5. The lowest BCUT2D eigenvalue weighted by Crippen LogP contribution is -2.06. The number of benzene rings is 3. The molecule has 7 heteroatoms. The molecule has 0 unspecified atom stereocenters. The number of hydrogen-bond donors (Lipinski definition) is 0. The van der Waals surface area contributed by atoms with Gasteiger partial charge in [0.1, 0.15) is 11.6 Å². The smallest absolute Gasteiger partial charge is 0.309 e. The fraction of sp³-hybridized carbons (Fsp3) is 0.231. The number of halogens is 2. The Kier molecular flexibility index (Phi) is 7.20. The van der Waals surface area contributed by atoms with Crippen molar-refractivity contribution in [3.8, 4) is 11.5 Å². The second-order valence-electron chi connectivity index (χ2n) is 8.09. The van der Waals surface area contributed by atoms with Gasteiger partial charge in [-0.3, -0.25) is 4.79 Å². The number of ether oxygens (including phenoxy) is 2. The highest BCUT2D eigenvalue weighted by atomic mass is 79.9. The van der Waals surface area contributed by atoms with Gasteiger partial charge in [-0.25, -0.2) is 4.98 Å². The van der Waals surface area contributed by atoms with Crippen LogP contribution in [0.15, 0.2) is 69.6 Å². The van der Waals surface area contributed by atoms with E-state index in [9.17, 15) is 4.79 Å². The van der Waals surface area contributed by atoms with Crippen LogP contribution in [0.1, 0.15) is 36.7 Å². The van der Waals surface area contributed by atoms with Gasteiger partial charge in [0.2, 0.25) is 0 Å². The fourth-order valence-corrected chi connectivity index (χ4v) is 5.18. The SMILES string of the molecule is COC(=O)Cc1cc(Br)c(Oc2ccc3c(c2)nc(C(C)C)n3Cc2ccccc2)c(Br)c1. The lowest BCUT2D eigenvalue weighted by molar-refractivity contribution is -0.139. The number of imidazole rings is 1. The van der Waals surface area contributed by atoms with Crippen LogP contribution in [-0.2, 0) is 22.5 Å². The van der Waals surface area contributed by atoms with Crippen molar-refractivity contribution in [1.29, 1.82) is 0 Å². The van der Waals surface area contributed by atoms with E-state index in [4.69, 9.17) is 14.5 Å². The Morgan fingerprint density at radius 1 is 1.00 bits per heavy atom. The molecule has 3 aromatic carbocycles. The number of esters is 1. The molecular formula is C26H24Br2N2O3. The number of aromatic nitrogens is 2. The van der Waals surface area contributed by atoms with Gasteiger partial charge in [-0.05, 0) is 67.3 Å². The van der Waals surface area contributed by atoms with Crippen molar-refractivity contribution in [2.75, 3.05) is 7.11 Å². The number of hydrogen-bond acceptors (Lipinski definition) is 4. The minimum Gasteiger partial charge on any atom is -0.469 e. The summed E-state index contributed by atoms with van der Waals surface area (Å²) in [7, 11) is 1.38. The van der Waals surface area contributed by atoms with Crippen LogP contribution in [0.4, 0.5) is 0 Å². The summed E-state index contributed by atoms with van der Waals surface area (Å²) < 4.78 is 14.7. The van der Waals surface area contributed by atoms with Crippen LogP contribution in [0.3, 0.4) is 0 Å². The summed E-state index contributed by atoms with van der Waals surface area (Å²) >= 11 is 7.12. The first-order chi connectivity index (χ1) is 15.9. The highest BCUT2D eigenvalue weighted by Crippen LogP contribution is 2.39. The first-order valence-electron chi connectivity index (χ1n) is 10.6. The number of nitrogens with zero attached hydrogens (tertiary/aromatic N) is 2. The zero-order chi connectivity index (χ0) is 23.5. The van der Waals surface area contributed by atoms with Gasteiger partial charge in [0.25, 0.3) is 0 Å². The quantitative estimate of drug-likeness (QED) is 0.219. The number of methoxy groups -OCH3 is 1. The van der Waals surface area contributed by atoms with Gasteiger partial charge in [0.15, 0.2) is 5.75 Å². The molecule has 0 radical (unpaired) electrons. The van der Waals surface area contributed by atoms with Gasteiger partial charge in [-0.2, -0.15) is 0 Å². The molecule has 0 bridgehead atoms. The van der Waals surface area contributed by atoms with Crippen molar-refractivity contribution in [2.24, 2.45) is 0 Å². The molecule has 0 fully saturated rings. The molecule has 33 heavy (non-hydrogen) atoms. The first kappa shape index (κ1) is 23.5. The second kappa shape index (κ2) is 10.1. The number of fused-ring (bicyclic) bond motifs is 1. The average molecular weight is 572 g/mol. The number of rotatable bonds is 7. The molecule has 0 aliphatic carbocycles. The molecule has 170 valence electrons. The highest BCUT2D eigenvalue weighted by molar-refractivity contribution is 9.11. The minimum atomic E-state index is -0.292. The van der Waals surface area contributed by atoms with Gasteiger partial charge in [-0.15, -0.1) is 0 Å². The van der Waals surface area contributed by atoms with E-state index in [0.29, 0.717) is 11.5 Å². The molecule has 4 aromatic rings. The third-order valence-corrected chi connectivity index (χ3v) is 6.48. The normalized spacial score (nSPS) is 11.2. The lowest BCUT2D eigenvalue weighted by atomic mass is 10.1. The van der Waals surface area contributed by atoms with E-state index in [1.807, 2.05) is 30.3 Å². The average Bonchev–Trinajstić information content (AvgIpc) is 3.15. The molecule has 0 atom stereocenters. The van der Waals surface area contributed by atoms with Crippen molar-refractivity contribution in [3.05, 3.63) is 86.6 Å². The van der Waals surface area contributed by atoms with Crippen LogP contribution in [0.5, 0.6) is 11.5 Å². The van der Waals surface area contributed by atoms with E-state index < -0.39 is 0 Å². The topological polar surface area (TPSA) is 53.4 Å². The maximum absolute atomic E-state index is 11.6. The molecular weight excluding hydrogens is 548 g/mol. The predicted octanol–water partition coefficient (Wildman–Crippen LogP) is 7.24. The largest absolute Gasteiger partial charge is 0.469 e. The van der Waals surface area contributed by atoms with Crippen LogP contribution in [-0.4, -0.2) is 22.6 Å². The molecule has 5 nitrogen and oxygen atoms in total. The van der Waals surface area contributed by atoms with Gasteiger partial charge < -0.3 is 14.0 Å². The van der Waals surface area contributed by atoms with Crippen LogP contribution in [0, 0.1) is 0 Å². The molecule has 0 saturated heterocycles. The third-order valence-electron chi connectivity index (χ3n) is 5.30. The predicted molar refractivity (Wildman–Crippen MR) is 137 cm³/mol. The van der Waals surface area contributed by atoms with Crippen molar-refractivity contribution in [3.63, 3.8) is 0 Å². The van der Waals surface area contributed by atoms with Crippen LogP contribution in [0.25, 0.3) is 11.0 Å². The van der Waals surface area contributed by atoms with Crippen molar-refractivity contribution in [2.45, 2.75) is 32.7 Å². The molecule has 0 spiro atoms. The Labute approximate surface area is 210 Å². The number of carbonyl (C=O) groups excluding carboxylic acids is 1. The van der Waals surface area contributed by atoms with E-state index in [2.05, 4.69) is 80.6 Å². The molecule has 4 rings (SSSR count). The third kappa shape index (κ3) is 5.31. The Morgan fingerprint density at radius 3 is 2.33 bits per heavy atom. The summed E-state index contributed by atoms with van der Waals surface area (Å²) in [6.45, 7) is 5.08. The van der Waals surface area contributed by atoms with E-state index in [1.54, 1.807) is 0 Å². The Balaban J connectivity index is 1.66. The molecule has 1 aromatic heterocycles. The maximum Gasteiger partial charge on any atom is 0.309 e. The Bertz CT molecular complexity index is 1280. The molecule has 0 aliphatic rings.